The van der Waals surface area contributed by atoms with Gasteiger partial charge in [0.25, 0.3) is 0 Å². The van der Waals surface area contributed by atoms with Crippen molar-refractivity contribution in [2.75, 3.05) is 45.9 Å². The third-order valence-electron chi connectivity index (χ3n) is 3.71. The molecule has 0 bridgehead atoms. The summed E-state index contributed by atoms with van der Waals surface area (Å²) in [5.74, 6) is 1.70. The van der Waals surface area contributed by atoms with Crippen LogP contribution in [0, 0.1) is 5.92 Å². The molecule has 1 saturated heterocycles. The first-order valence-corrected chi connectivity index (χ1v) is 7.59. The van der Waals surface area contributed by atoms with Gasteiger partial charge in [-0.3, -0.25) is 9.89 Å². The predicted octanol–water partition coefficient (Wildman–Crippen LogP) is 0.672. The molecule has 2 rings (SSSR count). The van der Waals surface area contributed by atoms with E-state index in [1.54, 1.807) is 0 Å². The van der Waals surface area contributed by atoms with E-state index in [1.165, 1.54) is 6.42 Å². The van der Waals surface area contributed by atoms with Crippen molar-refractivity contribution in [3.63, 3.8) is 0 Å². The lowest BCUT2D eigenvalue weighted by Gasteiger charge is -2.36. The fraction of sp³-hybridized carbons (Fsp3) is 0.929. The number of hydrogen-bond donors (Lipinski definition) is 2. The van der Waals surface area contributed by atoms with Gasteiger partial charge >= 0.3 is 0 Å². The lowest BCUT2D eigenvalue weighted by molar-refractivity contribution is 0.0132. The maximum absolute atomic E-state index is 5.45. The van der Waals surface area contributed by atoms with Crippen LogP contribution in [-0.2, 0) is 4.74 Å². The van der Waals surface area contributed by atoms with Crippen LogP contribution in [0.3, 0.4) is 0 Å². The van der Waals surface area contributed by atoms with Crippen LogP contribution in [0.25, 0.3) is 0 Å². The molecule has 2 aliphatic heterocycles. The summed E-state index contributed by atoms with van der Waals surface area (Å²) in [5.41, 5.74) is 0. The first-order valence-electron chi connectivity index (χ1n) is 7.59. The molecule has 0 amide bonds. The average Bonchev–Trinajstić information content (AvgIpc) is 2.45. The SMILES string of the molecule is CC(C)CC(CNC1=NCCCN1)N1CCOCC1. The standard InChI is InChI=1S/C14H28N4O/c1-12(2)10-13(18-6-8-19-9-7-18)11-17-14-15-4-3-5-16-14/h12-13H,3-11H2,1-2H3,(H2,15,16,17). The van der Waals surface area contributed by atoms with Gasteiger partial charge < -0.3 is 15.4 Å². The lowest BCUT2D eigenvalue weighted by Crippen LogP contribution is -2.51. The first-order chi connectivity index (χ1) is 9.25. The Kier molecular flexibility index (Phi) is 5.92. The van der Waals surface area contributed by atoms with Crippen molar-refractivity contribution in [1.29, 1.82) is 0 Å². The van der Waals surface area contributed by atoms with Crippen molar-refractivity contribution in [2.24, 2.45) is 10.9 Å². The van der Waals surface area contributed by atoms with Gasteiger partial charge in [0.15, 0.2) is 5.96 Å². The third kappa shape index (κ3) is 4.99. The normalized spacial score (nSPS) is 22.8. The van der Waals surface area contributed by atoms with Gasteiger partial charge in [-0.2, -0.15) is 0 Å². The zero-order valence-electron chi connectivity index (χ0n) is 12.3. The summed E-state index contributed by atoms with van der Waals surface area (Å²) in [6.07, 6.45) is 2.37. The summed E-state index contributed by atoms with van der Waals surface area (Å²) in [6.45, 7) is 11.4. The van der Waals surface area contributed by atoms with E-state index in [0.717, 1.165) is 64.2 Å². The number of nitrogens with one attached hydrogen (secondary N) is 2. The second-order valence-electron chi connectivity index (χ2n) is 5.82. The van der Waals surface area contributed by atoms with E-state index in [2.05, 4.69) is 34.4 Å². The minimum absolute atomic E-state index is 0.579. The molecule has 2 aliphatic rings. The molecule has 2 heterocycles. The highest BCUT2D eigenvalue weighted by molar-refractivity contribution is 5.80. The highest BCUT2D eigenvalue weighted by Gasteiger charge is 2.22. The smallest absolute Gasteiger partial charge is 0.191 e. The zero-order valence-corrected chi connectivity index (χ0v) is 12.3. The van der Waals surface area contributed by atoms with Gasteiger partial charge in [-0.25, -0.2) is 0 Å². The van der Waals surface area contributed by atoms with Gasteiger partial charge in [0.2, 0.25) is 0 Å². The van der Waals surface area contributed by atoms with Crippen LogP contribution in [0.5, 0.6) is 0 Å². The van der Waals surface area contributed by atoms with Gasteiger partial charge in [-0.05, 0) is 18.8 Å². The minimum Gasteiger partial charge on any atom is -0.379 e. The number of morpholine rings is 1. The first kappa shape index (κ1) is 14.6. The van der Waals surface area contributed by atoms with Crippen LogP contribution < -0.4 is 10.6 Å². The number of aliphatic imine (C=N–C) groups is 1. The summed E-state index contributed by atoms with van der Waals surface area (Å²) >= 11 is 0. The van der Waals surface area contributed by atoms with Gasteiger partial charge in [-0.15, -0.1) is 0 Å². The molecule has 5 heteroatoms. The fourth-order valence-electron chi connectivity index (χ4n) is 2.71. The second-order valence-corrected chi connectivity index (χ2v) is 5.82. The molecule has 0 saturated carbocycles. The van der Waals surface area contributed by atoms with Crippen LogP contribution in [0.4, 0.5) is 0 Å². The molecule has 19 heavy (non-hydrogen) atoms. The molecular formula is C14H28N4O. The Morgan fingerprint density at radius 2 is 2.16 bits per heavy atom. The van der Waals surface area contributed by atoms with Gasteiger partial charge in [0.1, 0.15) is 0 Å². The molecular weight excluding hydrogens is 240 g/mol. The van der Waals surface area contributed by atoms with Crippen molar-refractivity contribution in [3.8, 4) is 0 Å². The monoisotopic (exact) mass is 268 g/mol. The molecule has 2 N–H and O–H groups in total. The van der Waals surface area contributed by atoms with Gasteiger partial charge in [0, 0.05) is 38.8 Å². The molecule has 0 aliphatic carbocycles. The Hall–Kier alpha value is -0.810. The van der Waals surface area contributed by atoms with Crippen LogP contribution >= 0.6 is 0 Å². The number of ether oxygens (including phenoxy) is 1. The molecule has 1 fully saturated rings. The summed E-state index contributed by atoms with van der Waals surface area (Å²) in [4.78, 5) is 7.03. The minimum atomic E-state index is 0.579. The number of nitrogens with zero attached hydrogens (tertiary/aromatic N) is 2. The molecule has 0 radical (unpaired) electrons. The van der Waals surface area contributed by atoms with Crippen LogP contribution in [-0.4, -0.2) is 62.8 Å². The predicted molar refractivity (Wildman–Crippen MR) is 78.6 cm³/mol. The van der Waals surface area contributed by atoms with Crippen LogP contribution in [0.1, 0.15) is 26.7 Å². The quantitative estimate of drug-likeness (QED) is 0.769. The van der Waals surface area contributed by atoms with Gasteiger partial charge in [0.05, 0.1) is 13.2 Å². The summed E-state index contributed by atoms with van der Waals surface area (Å²) in [5, 5.41) is 6.81. The Morgan fingerprint density at radius 3 is 2.79 bits per heavy atom. The van der Waals surface area contributed by atoms with E-state index >= 15 is 0 Å². The maximum atomic E-state index is 5.45. The summed E-state index contributed by atoms with van der Waals surface area (Å²) < 4.78 is 5.45. The molecule has 5 nitrogen and oxygen atoms in total. The van der Waals surface area contributed by atoms with Crippen molar-refractivity contribution in [1.82, 2.24) is 15.5 Å². The van der Waals surface area contributed by atoms with E-state index < -0.39 is 0 Å². The van der Waals surface area contributed by atoms with Crippen molar-refractivity contribution >= 4 is 5.96 Å². The van der Waals surface area contributed by atoms with E-state index in [-0.39, 0.29) is 0 Å². The molecule has 1 atom stereocenters. The topological polar surface area (TPSA) is 48.9 Å². The van der Waals surface area contributed by atoms with Gasteiger partial charge in [-0.1, -0.05) is 13.8 Å². The van der Waals surface area contributed by atoms with E-state index in [9.17, 15) is 0 Å². The largest absolute Gasteiger partial charge is 0.379 e. The second kappa shape index (κ2) is 7.70. The fourth-order valence-corrected chi connectivity index (χ4v) is 2.71. The average molecular weight is 268 g/mol. The Bertz CT molecular complexity index is 287. The van der Waals surface area contributed by atoms with E-state index in [0.29, 0.717) is 6.04 Å². The molecule has 1 unspecified atom stereocenters. The molecule has 110 valence electrons. The molecule has 0 spiro atoms. The third-order valence-corrected chi connectivity index (χ3v) is 3.71. The zero-order chi connectivity index (χ0) is 13.5. The molecule has 0 aromatic heterocycles. The van der Waals surface area contributed by atoms with Crippen LogP contribution in [0.15, 0.2) is 4.99 Å². The highest BCUT2D eigenvalue weighted by atomic mass is 16.5. The number of hydrogen-bond acceptors (Lipinski definition) is 5. The maximum Gasteiger partial charge on any atom is 0.191 e. The van der Waals surface area contributed by atoms with Crippen LogP contribution in [0.2, 0.25) is 0 Å². The molecule has 0 aromatic rings. The van der Waals surface area contributed by atoms with E-state index in [1.807, 2.05) is 0 Å². The number of rotatable bonds is 5. The van der Waals surface area contributed by atoms with Crippen molar-refractivity contribution < 1.29 is 4.74 Å². The lowest BCUT2D eigenvalue weighted by atomic mass is 10.0. The molecule has 0 aromatic carbocycles. The number of guanidine groups is 1. The Morgan fingerprint density at radius 1 is 1.37 bits per heavy atom. The Labute approximate surface area is 116 Å². The Balaban J connectivity index is 1.83. The van der Waals surface area contributed by atoms with Crippen molar-refractivity contribution in [2.45, 2.75) is 32.7 Å². The van der Waals surface area contributed by atoms with E-state index in [4.69, 9.17) is 4.74 Å². The highest BCUT2D eigenvalue weighted by Crippen LogP contribution is 2.13. The van der Waals surface area contributed by atoms with Crippen molar-refractivity contribution in [3.05, 3.63) is 0 Å². The summed E-state index contributed by atoms with van der Waals surface area (Å²) in [6, 6.07) is 0.579. The summed E-state index contributed by atoms with van der Waals surface area (Å²) in [7, 11) is 0.